The van der Waals surface area contributed by atoms with Crippen LogP contribution in [0, 0.1) is 49.4 Å². The van der Waals surface area contributed by atoms with E-state index in [4.69, 9.17) is 0 Å². The number of carbonyl (C=O) groups is 3. The summed E-state index contributed by atoms with van der Waals surface area (Å²) in [6.07, 6.45) is 5.43. The van der Waals surface area contributed by atoms with Crippen molar-refractivity contribution in [2.45, 2.75) is 33.2 Å². The molecule has 1 N–H and O–H groups in total. The number of imide groups is 1. The number of amides is 3. The fraction of sp³-hybridized carbons (Fsp3) is 0.500. The van der Waals surface area contributed by atoms with Gasteiger partial charge >= 0.3 is 0 Å². The van der Waals surface area contributed by atoms with Crippen molar-refractivity contribution in [3.05, 3.63) is 39.9 Å². The topological polar surface area (TPSA) is 66.5 Å². The second-order valence-electron chi connectivity index (χ2n) is 8.71. The first kappa shape index (κ1) is 18.1. The number of anilines is 1. The Morgan fingerprint density at radius 1 is 1.07 bits per heavy atom. The van der Waals surface area contributed by atoms with E-state index in [9.17, 15) is 14.4 Å². The predicted octanol–water partition coefficient (Wildman–Crippen LogP) is 3.45. The largest absolute Gasteiger partial charge is 0.324 e. The Morgan fingerprint density at radius 3 is 2.21 bits per heavy atom. The number of rotatable bonds is 3. The smallest absolute Gasteiger partial charge is 0.247 e. The van der Waals surface area contributed by atoms with Gasteiger partial charge in [0.1, 0.15) is 6.04 Å². The molecule has 3 fully saturated rings. The van der Waals surface area contributed by atoms with Crippen LogP contribution in [0.15, 0.2) is 28.8 Å². The maximum absolute atomic E-state index is 13.2. The molecular formula is C22H23BrN2O3. The van der Waals surface area contributed by atoms with Gasteiger partial charge in [0.25, 0.3) is 0 Å². The molecule has 3 amide bonds. The van der Waals surface area contributed by atoms with Gasteiger partial charge in [-0.25, -0.2) is 0 Å². The molecule has 1 aromatic rings. The van der Waals surface area contributed by atoms with Crippen LogP contribution in [0.5, 0.6) is 0 Å². The molecule has 2 saturated carbocycles. The summed E-state index contributed by atoms with van der Waals surface area (Å²) in [5.74, 6) is 0.293. The van der Waals surface area contributed by atoms with Crippen LogP contribution in [0.4, 0.5) is 5.69 Å². The third-order valence-electron chi connectivity index (χ3n) is 7.44. The van der Waals surface area contributed by atoms with Crippen LogP contribution in [0.1, 0.15) is 24.5 Å². The molecule has 1 saturated heterocycles. The van der Waals surface area contributed by atoms with Crippen LogP contribution >= 0.6 is 15.9 Å². The van der Waals surface area contributed by atoms with Crippen LogP contribution in [-0.4, -0.2) is 28.7 Å². The molecule has 0 radical (unpaired) electrons. The summed E-state index contributed by atoms with van der Waals surface area (Å²) in [7, 11) is 0. The first-order chi connectivity index (χ1) is 13.3. The fourth-order valence-electron chi connectivity index (χ4n) is 5.64. The summed E-state index contributed by atoms with van der Waals surface area (Å²) in [4.78, 5) is 40.5. The Kier molecular flexibility index (Phi) is 3.89. The van der Waals surface area contributed by atoms with Gasteiger partial charge in [0.05, 0.1) is 11.8 Å². The van der Waals surface area contributed by atoms with Crippen molar-refractivity contribution in [1.82, 2.24) is 4.90 Å². The summed E-state index contributed by atoms with van der Waals surface area (Å²) < 4.78 is 0.978. The van der Waals surface area contributed by atoms with E-state index in [2.05, 4.69) is 33.4 Å². The number of carbonyl (C=O) groups excluding carboxylic acids is 3. The van der Waals surface area contributed by atoms with Gasteiger partial charge in [-0.2, -0.15) is 0 Å². The van der Waals surface area contributed by atoms with Gasteiger partial charge in [-0.05, 0) is 74.1 Å². The quantitative estimate of drug-likeness (QED) is 0.575. The van der Waals surface area contributed by atoms with Crippen molar-refractivity contribution in [2.24, 2.45) is 35.5 Å². The molecule has 1 heterocycles. The van der Waals surface area contributed by atoms with E-state index in [1.54, 1.807) is 6.92 Å². The van der Waals surface area contributed by atoms with E-state index in [1.807, 2.05) is 26.0 Å². The summed E-state index contributed by atoms with van der Waals surface area (Å²) in [5, 5.41) is 2.91. The molecule has 6 rings (SSSR count). The molecule has 4 aliphatic carbocycles. The standard InChI is InChI=1S/C22H23BrN2O3/c1-9-10(2)17(7-6-16(9)23)24-20(26)11(3)25-21(27)18-12-4-5-13(15-8-14(12)15)19(18)22(25)28/h4-7,11-15,18-19H,8H2,1-3H3,(H,24,26)/t11-,12-,13-,14-,15-,18+,19+/m0/s1. The van der Waals surface area contributed by atoms with Crippen LogP contribution < -0.4 is 5.32 Å². The van der Waals surface area contributed by atoms with E-state index < -0.39 is 6.04 Å². The van der Waals surface area contributed by atoms with Crippen molar-refractivity contribution in [3.63, 3.8) is 0 Å². The highest BCUT2D eigenvalue weighted by Crippen LogP contribution is 2.65. The Hall–Kier alpha value is -1.95. The lowest BCUT2D eigenvalue weighted by Crippen LogP contribution is -2.46. The summed E-state index contributed by atoms with van der Waals surface area (Å²) >= 11 is 3.49. The number of hydrogen-bond acceptors (Lipinski definition) is 3. The Labute approximate surface area is 172 Å². The molecule has 0 aromatic heterocycles. The maximum Gasteiger partial charge on any atom is 0.247 e. The molecule has 28 heavy (non-hydrogen) atoms. The number of likely N-dealkylation sites (tertiary alicyclic amines) is 1. The first-order valence-corrected chi connectivity index (χ1v) is 10.7. The molecular weight excluding hydrogens is 420 g/mol. The van der Waals surface area contributed by atoms with Gasteiger partial charge in [-0.3, -0.25) is 19.3 Å². The van der Waals surface area contributed by atoms with E-state index in [0.29, 0.717) is 17.5 Å². The summed E-state index contributed by atoms with van der Waals surface area (Å²) in [6.45, 7) is 5.57. The number of halogens is 1. The molecule has 6 heteroatoms. The zero-order valence-corrected chi connectivity index (χ0v) is 17.7. The summed E-state index contributed by atoms with van der Waals surface area (Å²) in [6, 6.07) is 2.91. The normalized spacial score (nSPS) is 35.6. The van der Waals surface area contributed by atoms with E-state index >= 15 is 0 Å². The average Bonchev–Trinajstić information content (AvgIpc) is 3.45. The molecule has 5 aliphatic rings. The number of nitrogens with zero attached hydrogens (tertiary/aromatic N) is 1. The van der Waals surface area contributed by atoms with Crippen LogP contribution in [0.3, 0.4) is 0 Å². The Balaban J connectivity index is 1.38. The number of benzene rings is 1. The minimum atomic E-state index is -0.815. The van der Waals surface area contributed by atoms with Gasteiger partial charge in [0.15, 0.2) is 0 Å². The van der Waals surface area contributed by atoms with E-state index in [1.165, 1.54) is 4.90 Å². The van der Waals surface area contributed by atoms with Crippen molar-refractivity contribution in [3.8, 4) is 0 Å². The van der Waals surface area contributed by atoms with Crippen LogP contribution in [-0.2, 0) is 14.4 Å². The van der Waals surface area contributed by atoms with Crippen molar-refractivity contribution < 1.29 is 14.4 Å². The lowest BCUT2D eigenvalue weighted by atomic mass is 9.63. The summed E-state index contributed by atoms with van der Waals surface area (Å²) in [5.41, 5.74) is 2.72. The molecule has 5 nitrogen and oxygen atoms in total. The highest BCUT2D eigenvalue weighted by molar-refractivity contribution is 9.10. The second-order valence-corrected chi connectivity index (χ2v) is 9.57. The zero-order valence-electron chi connectivity index (χ0n) is 16.1. The van der Waals surface area contributed by atoms with Gasteiger partial charge < -0.3 is 5.32 Å². The monoisotopic (exact) mass is 442 g/mol. The molecule has 2 bridgehead atoms. The molecule has 1 aromatic carbocycles. The highest BCUT2D eigenvalue weighted by Gasteiger charge is 2.67. The second kappa shape index (κ2) is 6.02. The number of allylic oxidation sites excluding steroid dienone is 2. The van der Waals surface area contributed by atoms with E-state index in [0.717, 1.165) is 22.0 Å². The lowest BCUT2D eigenvalue weighted by molar-refractivity contribution is -0.146. The van der Waals surface area contributed by atoms with Crippen molar-refractivity contribution in [1.29, 1.82) is 0 Å². The lowest BCUT2D eigenvalue weighted by Gasteiger charge is -2.37. The molecule has 146 valence electrons. The minimum absolute atomic E-state index is 0.161. The number of nitrogens with one attached hydrogen (secondary N) is 1. The Morgan fingerprint density at radius 2 is 1.64 bits per heavy atom. The average molecular weight is 443 g/mol. The van der Waals surface area contributed by atoms with Crippen molar-refractivity contribution in [2.75, 3.05) is 5.32 Å². The third kappa shape index (κ3) is 2.33. The molecule has 0 spiro atoms. The van der Waals surface area contributed by atoms with Crippen LogP contribution in [0.2, 0.25) is 0 Å². The van der Waals surface area contributed by atoms with Gasteiger partial charge in [-0.1, -0.05) is 28.1 Å². The number of hydrogen-bond donors (Lipinski definition) is 1. The van der Waals surface area contributed by atoms with Crippen molar-refractivity contribution >= 4 is 39.3 Å². The minimum Gasteiger partial charge on any atom is -0.324 e. The Bertz CT molecular complexity index is 919. The molecule has 7 atom stereocenters. The SMILES string of the molecule is Cc1c(Br)ccc(NC(=O)[C@H](C)N2C(=O)[C@@H]3[C@H]4C=C[C@@H]([C@@H]5C[C@@H]45)[C@H]3C2=O)c1C. The van der Waals surface area contributed by atoms with Gasteiger partial charge in [0, 0.05) is 10.2 Å². The molecule has 1 aliphatic heterocycles. The van der Waals surface area contributed by atoms with Gasteiger partial charge in [0.2, 0.25) is 17.7 Å². The maximum atomic E-state index is 13.2. The fourth-order valence-corrected chi connectivity index (χ4v) is 6.07. The third-order valence-corrected chi connectivity index (χ3v) is 8.30. The first-order valence-electron chi connectivity index (χ1n) is 9.93. The van der Waals surface area contributed by atoms with E-state index in [-0.39, 0.29) is 41.4 Å². The molecule has 0 unspecified atom stereocenters. The van der Waals surface area contributed by atoms with Gasteiger partial charge in [-0.15, -0.1) is 0 Å². The predicted molar refractivity (Wildman–Crippen MR) is 108 cm³/mol. The highest BCUT2D eigenvalue weighted by atomic mass is 79.9. The zero-order chi connectivity index (χ0) is 19.9. The van der Waals surface area contributed by atoms with Crippen LogP contribution in [0.25, 0.3) is 0 Å².